The SMILES string of the molecule is COc1cc2nc(C)nc(N[C@H](C)c3cc(N)cc(C(F)(F)F)c3F)c2cc1OCC1(N(C)C)CC1. The first-order valence-electron chi connectivity index (χ1n) is 11.4. The Balaban J connectivity index is 1.72. The Morgan fingerprint density at radius 2 is 1.83 bits per heavy atom. The molecule has 1 heterocycles. The normalized spacial score (nSPS) is 15.7. The minimum atomic E-state index is -4.87. The number of anilines is 2. The summed E-state index contributed by atoms with van der Waals surface area (Å²) >= 11 is 0. The summed E-state index contributed by atoms with van der Waals surface area (Å²) in [5.41, 5.74) is 4.35. The standard InChI is InChI=1S/C25H29F4N5O2/c1-13(16-8-15(30)9-18(22(16)26)25(27,28)29)31-23-17-10-21(36-12-24(6-7-24)34(3)4)20(35-5)11-19(17)32-14(2)33-23/h8-11,13H,6-7,12,30H2,1-5H3,(H,31,32,33)/t13-/m1/s1. The number of alkyl halides is 3. The van der Waals surface area contributed by atoms with Crippen LogP contribution in [0.1, 0.15) is 42.8 Å². The third kappa shape index (κ3) is 4.97. The maximum absolute atomic E-state index is 14.9. The Morgan fingerprint density at radius 3 is 2.42 bits per heavy atom. The van der Waals surface area contributed by atoms with Crippen molar-refractivity contribution in [3.8, 4) is 11.5 Å². The van der Waals surface area contributed by atoms with E-state index in [4.69, 9.17) is 15.2 Å². The lowest BCUT2D eigenvalue weighted by atomic mass is 10.0. The van der Waals surface area contributed by atoms with E-state index in [1.165, 1.54) is 20.1 Å². The molecule has 0 amide bonds. The lowest BCUT2D eigenvalue weighted by Gasteiger charge is -2.24. The fourth-order valence-electron chi connectivity index (χ4n) is 4.19. The molecule has 1 fully saturated rings. The third-order valence-electron chi connectivity index (χ3n) is 6.61. The van der Waals surface area contributed by atoms with E-state index in [0.29, 0.717) is 46.7 Å². The van der Waals surface area contributed by atoms with Crippen LogP contribution in [0.15, 0.2) is 24.3 Å². The van der Waals surface area contributed by atoms with Gasteiger partial charge in [-0.2, -0.15) is 13.2 Å². The monoisotopic (exact) mass is 507 g/mol. The van der Waals surface area contributed by atoms with E-state index in [1.807, 2.05) is 14.1 Å². The number of hydrogen-bond acceptors (Lipinski definition) is 7. The molecule has 1 aromatic heterocycles. The fraction of sp³-hybridized carbons (Fsp3) is 0.440. The fourth-order valence-corrected chi connectivity index (χ4v) is 4.19. The molecule has 0 aliphatic heterocycles. The molecular formula is C25H29F4N5O2. The molecule has 0 bridgehead atoms. The van der Waals surface area contributed by atoms with Crippen LogP contribution in [-0.4, -0.2) is 48.2 Å². The molecule has 1 aliphatic rings. The molecule has 0 spiro atoms. The first-order valence-corrected chi connectivity index (χ1v) is 11.4. The Bertz CT molecular complexity index is 1290. The molecule has 4 rings (SSSR count). The molecule has 7 nitrogen and oxygen atoms in total. The quantitative estimate of drug-likeness (QED) is 0.315. The van der Waals surface area contributed by atoms with Gasteiger partial charge in [-0.25, -0.2) is 14.4 Å². The minimum absolute atomic E-state index is 0.0275. The van der Waals surface area contributed by atoms with Crippen LogP contribution in [0.5, 0.6) is 11.5 Å². The summed E-state index contributed by atoms with van der Waals surface area (Å²) in [7, 11) is 5.55. The van der Waals surface area contributed by atoms with Crippen LogP contribution in [0.2, 0.25) is 0 Å². The number of aromatic nitrogens is 2. The van der Waals surface area contributed by atoms with Gasteiger partial charge < -0.3 is 25.4 Å². The minimum Gasteiger partial charge on any atom is -0.493 e. The number of nitrogens with one attached hydrogen (secondary N) is 1. The molecule has 3 aromatic rings. The molecule has 0 radical (unpaired) electrons. The van der Waals surface area contributed by atoms with Crippen molar-refractivity contribution in [1.82, 2.24) is 14.9 Å². The zero-order chi connectivity index (χ0) is 26.4. The number of ether oxygens (including phenoxy) is 2. The van der Waals surface area contributed by atoms with E-state index in [1.54, 1.807) is 19.1 Å². The Kier molecular flexibility index (Phi) is 6.63. The second kappa shape index (κ2) is 9.27. The summed E-state index contributed by atoms with van der Waals surface area (Å²) in [6.45, 7) is 3.68. The molecule has 2 aromatic carbocycles. The predicted octanol–water partition coefficient (Wildman–Crippen LogP) is 5.33. The summed E-state index contributed by atoms with van der Waals surface area (Å²) in [6.07, 6.45) is -2.83. The highest BCUT2D eigenvalue weighted by Gasteiger charge is 2.46. The molecule has 36 heavy (non-hydrogen) atoms. The molecule has 1 saturated carbocycles. The Hall–Kier alpha value is -3.34. The average Bonchev–Trinajstić information content (AvgIpc) is 3.59. The van der Waals surface area contributed by atoms with Gasteiger partial charge in [0.2, 0.25) is 0 Å². The second-order valence-electron chi connectivity index (χ2n) is 9.38. The van der Waals surface area contributed by atoms with E-state index in [0.717, 1.165) is 12.8 Å². The topological polar surface area (TPSA) is 85.5 Å². The number of nitrogens with zero attached hydrogens (tertiary/aromatic N) is 3. The molecule has 1 atom stereocenters. The van der Waals surface area contributed by atoms with Crippen LogP contribution in [0.4, 0.5) is 29.1 Å². The Morgan fingerprint density at radius 1 is 1.14 bits per heavy atom. The summed E-state index contributed by atoms with van der Waals surface area (Å²) in [4.78, 5) is 11.0. The number of fused-ring (bicyclic) bond motifs is 1. The van der Waals surface area contributed by atoms with E-state index in [2.05, 4.69) is 20.2 Å². The van der Waals surface area contributed by atoms with Gasteiger partial charge in [-0.1, -0.05) is 0 Å². The van der Waals surface area contributed by atoms with Gasteiger partial charge in [-0.05, 0) is 59.0 Å². The van der Waals surface area contributed by atoms with Crippen LogP contribution >= 0.6 is 0 Å². The zero-order valence-corrected chi connectivity index (χ0v) is 20.8. The number of likely N-dealkylation sites (N-methyl/N-ethyl adjacent to an activating group) is 1. The number of aryl methyl sites for hydroxylation is 1. The van der Waals surface area contributed by atoms with Crippen molar-refractivity contribution in [2.45, 2.75) is 44.4 Å². The van der Waals surface area contributed by atoms with Crippen molar-refractivity contribution in [3.05, 3.63) is 47.0 Å². The highest BCUT2D eigenvalue weighted by molar-refractivity contribution is 5.92. The predicted molar refractivity (Wildman–Crippen MR) is 130 cm³/mol. The highest BCUT2D eigenvalue weighted by Crippen LogP contribution is 2.42. The largest absolute Gasteiger partial charge is 0.493 e. The van der Waals surface area contributed by atoms with Crippen LogP contribution in [0.25, 0.3) is 10.9 Å². The second-order valence-corrected chi connectivity index (χ2v) is 9.38. The summed E-state index contributed by atoms with van der Waals surface area (Å²) < 4.78 is 66.5. The number of hydrogen-bond donors (Lipinski definition) is 2. The number of methoxy groups -OCH3 is 1. The molecule has 194 valence electrons. The zero-order valence-electron chi connectivity index (χ0n) is 20.8. The van der Waals surface area contributed by atoms with Crippen LogP contribution in [0, 0.1) is 12.7 Å². The smallest absolute Gasteiger partial charge is 0.419 e. The Labute approximate surface area is 206 Å². The van der Waals surface area contributed by atoms with E-state index < -0.39 is 23.6 Å². The molecule has 0 saturated heterocycles. The summed E-state index contributed by atoms with van der Waals surface area (Å²) in [5, 5.41) is 3.59. The van der Waals surface area contributed by atoms with Gasteiger partial charge in [-0.15, -0.1) is 0 Å². The van der Waals surface area contributed by atoms with E-state index in [-0.39, 0.29) is 16.8 Å². The molecule has 3 N–H and O–H groups in total. The van der Waals surface area contributed by atoms with Gasteiger partial charge in [0.05, 0.1) is 29.8 Å². The first-order chi connectivity index (χ1) is 16.8. The van der Waals surface area contributed by atoms with Crippen LogP contribution < -0.4 is 20.5 Å². The van der Waals surface area contributed by atoms with Gasteiger partial charge in [0.25, 0.3) is 0 Å². The third-order valence-corrected chi connectivity index (χ3v) is 6.61. The van der Waals surface area contributed by atoms with Crippen molar-refractivity contribution in [1.29, 1.82) is 0 Å². The lowest BCUT2D eigenvalue weighted by Crippen LogP contribution is -2.35. The van der Waals surface area contributed by atoms with Gasteiger partial charge in [0, 0.05) is 22.7 Å². The maximum Gasteiger partial charge on any atom is 0.419 e. The van der Waals surface area contributed by atoms with E-state index in [9.17, 15) is 17.6 Å². The van der Waals surface area contributed by atoms with Crippen molar-refractivity contribution in [2.75, 3.05) is 38.9 Å². The summed E-state index contributed by atoms with van der Waals surface area (Å²) in [5.74, 6) is 0.334. The van der Waals surface area contributed by atoms with Crippen LogP contribution in [-0.2, 0) is 6.18 Å². The van der Waals surface area contributed by atoms with Gasteiger partial charge in [-0.3, -0.25) is 0 Å². The average molecular weight is 508 g/mol. The van der Waals surface area contributed by atoms with Crippen LogP contribution in [0.3, 0.4) is 0 Å². The molecular weight excluding hydrogens is 478 g/mol. The lowest BCUT2D eigenvalue weighted by molar-refractivity contribution is -0.140. The highest BCUT2D eigenvalue weighted by atomic mass is 19.4. The first kappa shape index (κ1) is 25.7. The van der Waals surface area contributed by atoms with Gasteiger partial charge in [0.15, 0.2) is 11.5 Å². The van der Waals surface area contributed by atoms with Crippen molar-refractivity contribution in [3.63, 3.8) is 0 Å². The molecule has 1 aliphatic carbocycles. The number of nitrogen functional groups attached to an aromatic ring is 1. The number of nitrogens with two attached hydrogens (primary N) is 1. The molecule has 11 heteroatoms. The number of halogens is 4. The van der Waals surface area contributed by atoms with Gasteiger partial charge in [0.1, 0.15) is 24.1 Å². The number of benzene rings is 2. The maximum atomic E-state index is 14.9. The van der Waals surface area contributed by atoms with Crippen molar-refractivity contribution < 1.29 is 27.0 Å². The van der Waals surface area contributed by atoms with Gasteiger partial charge >= 0.3 is 6.18 Å². The van der Waals surface area contributed by atoms with Crippen molar-refractivity contribution >= 4 is 22.4 Å². The summed E-state index contributed by atoms with van der Waals surface area (Å²) in [6, 6.07) is 4.33. The van der Waals surface area contributed by atoms with Crippen molar-refractivity contribution in [2.24, 2.45) is 0 Å². The number of rotatable bonds is 8. The molecule has 0 unspecified atom stereocenters. The van der Waals surface area contributed by atoms with E-state index >= 15 is 0 Å².